The Morgan fingerprint density at radius 1 is 1.20 bits per heavy atom. The van der Waals surface area contributed by atoms with Crippen LogP contribution in [-0.4, -0.2) is 16.6 Å². The van der Waals surface area contributed by atoms with Gasteiger partial charge in [0.1, 0.15) is 11.3 Å². The van der Waals surface area contributed by atoms with Crippen molar-refractivity contribution in [1.29, 1.82) is 0 Å². The van der Waals surface area contributed by atoms with Crippen molar-refractivity contribution in [3.8, 4) is 11.3 Å². The number of aromatic nitrogens is 2. The zero-order valence-electron chi connectivity index (χ0n) is 11.4. The Bertz CT molecular complexity index is 578. The fourth-order valence-corrected chi connectivity index (χ4v) is 2.67. The highest BCUT2D eigenvalue weighted by molar-refractivity contribution is 14.1. The molecule has 5 heteroatoms. The maximum absolute atomic E-state index is 6.26. The van der Waals surface area contributed by atoms with Crippen LogP contribution in [0.25, 0.3) is 11.3 Å². The first-order valence-electron chi connectivity index (χ1n) is 6.57. The second kappa shape index (κ2) is 7.33. The van der Waals surface area contributed by atoms with Gasteiger partial charge in [0.15, 0.2) is 5.82 Å². The van der Waals surface area contributed by atoms with Gasteiger partial charge in [-0.05, 0) is 35.9 Å². The van der Waals surface area contributed by atoms with Gasteiger partial charge in [-0.15, -0.1) is 0 Å². The van der Waals surface area contributed by atoms with Gasteiger partial charge in [0, 0.05) is 12.2 Å². The van der Waals surface area contributed by atoms with Crippen LogP contribution in [0, 0.1) is 3.57 Å². The van der Waals surface area contributed by atoms with Crippen molar-refractivity contribution < 1.29 is 4.74 Å². The van der Waals surface area contributed by atoms with Crippen molar-refractivity contribution in [2.24, 2.45) is 0 Å². The van der Waals surface area contributed by atoms with Crippen LogP contribution in [0.15, 0.2) is 30.3 Å². The summed E-state index contributed by atoms with van der Waals surface area (Å²) in [6, 6.07) is 10.00. The van der Waals surface area contributed by atoms with Gasteiger partial charge in [0.25, 0.3) is 0 Å². The topological polar surface area (TPSA) is 35.0 Å². The number of ether oxygens (including phenoxy) is 1. The molecule has 2 rings (SSSR count). The summed E-state index contributed by atoms with van der Waals surface area (Å²) in [5.74, 6) is 0.651. The summed E-state index contributed by atoms with van der Waals surface area (Å²) < 4.78 is 6.54. The minimum absolute atomic E-state index is 0.114. The molecular weight excluding hydrogens is 387 g/mol. The molecule has 0 fully saturated rings. The average Bonchev–Trinajstić information content (AvgIpc) is 2.48. The maximum Gasteiger partial charge on any atom is 0.159 e. The van der Waals surface area contributed by atoms with Crippen LogP contribution < -0.4 is 0 Å². The first kappa shape index (κ1) is 15.7. The molecule has 1 unspecified atom stereocenters. The molecule has 0 aliphatic rings. The number of hydrogen-bond donors (Lipinski definition) is 0. The first-order chi connectivity index (χ1) is 9.67. The van der Waals surface area contributed by atoms with E-state index < -0.39 is 0 Å². The third-order valence-corrected chi connectivity index (χ3v) is 4.52. The van der Waals surface area contributed by atoms with Crippen LogP contribution in [0.5, 0.6) is 0 Å². The lowest BCUT2D eigenvalue weighted by Crippen LogP contribution is -2.10. The average molecular weight is 403 g/mol. The molecule has 0 spiro atoms. The number of nitrogens with zero attached hydrogens (tertiary/aromatic N) is 2. The van der Waals surface area contributed by atoms with Gasteiger partial charge in [-0.3, -0.25) is 0 Å². The van der Waals surface area contributed by atoms with Crippen LogP contribution in [0.1, 0.15) is 32.2 Å². The fourth-order valence-electron chi connectivity index (χ4n) is 1.94. The Hall–Kier alpha value is -0.720. The first-order valence-corrected chi connectivity index (χ1v) is 8.03. The summed E-state index contributed by atoms with van der Waals surface area (Å²) >= 11 is 8.44. The molecule has 0 amide bonds. The van der Waals surface area contributed by atoms with Gasteiger partial charge in [-0.1, -0.05) is 48.9 Å². The molecule has 1 aromatic carbocycles. The van der Waals surface area contributed by atoms with Crippen molar-refractivity contribution >= 4 is 34.2 Å². The maximum atomic E-state index is 6.26. The van der Waals surface area contributed by atoms with E-state index in [1.54, 1.807) is 0 Å². The van der Waals surface area contributed by atoms with Crippen LogP contribution >= 0.6 is 34.2 Å². The smallest absolute Gasteiger partial charge is 0.159 e. The van der Waals surface area contributed by atoms with Crippen LogP contribution in [0.4, 0.5) is 0 Å². The van der Waals surface area contributed by atoms with E-state index >= 15 is 0 Å². The highest BCUT2D eigenvalue weighted by atomic mass is 127. The molecule has 0 N–H and O–H groups in total. The van der Waals surface area contributed by atoms with Crippen LogP contribution in [0.3, 0.4) is 0 Å². The largest absolute Gasteiger partial charge is 0.371 e. The standard InChI is InChI=1S/C15H16ClIN2O/c1-3-11(20-4-2)15-18-13(12(17)14(16)19-15)10-8-6-5-7-9-10/h5-9,11H,3-4H2,1-2H3. The molecule has 1 aromatic heterocycles. The summed E-state index contributed by atoms with van der Waals surface area (Å²) in [7, 11) is 0. The van der Waals surface area contributed by atoms with E-state index in [2.05, 4.69) is 39.5 Å². The zero-order valence-corrected chi connectivity index (χ0v) is 14.4. The lowest BCUT2D eigenvalue weighted by Gasteiger charge is -2.16. The SMILES string of the molecule is CCOC(CC)c1nc(Cl)c(I)c(-c2ccccc2)n1. The molecule has 0 saturated carbocycles. The van der Waals surface area contributed by atoms with Gasteiger partial charge in [-0.25, -0.2) is 9.97 Å². The Morgan fingerprint density at radius 2 is 1.90 bits per heavy atom. The third-order valence-electron chi connectivity index (χ3n) is 2.90. The molecule has 0 radical (unpaired) electrons. The summed E-state index contributed by atoms with van der Waals surface area (Å²) in [5.41, 5.74) is 1.90. The van der Waals surface area contributed by atoms with Gasteiger partial charge < -0.3 is 4.74 Å². The molecule has 0 aliphatic carbocycles. The van der Waals surface area contributed by atoms with E-state index in [4.69, 9.17) is 16.3 Å². The molecule has 0 aliphatic heterocycles. The summed E-state index contributed by atoms with van der Waals surface area (Å²) in [6.07, 6.45) is 0.705. The highest BCUT2D eigenvalue weighted by Crippen LogP contribution is 2.30. The molecule has 3 nitrogen and oxygen atoms in total. The summed E-state index contributed by atoms with van der Waals surface area (Å²) in [6.45, 7) is 4.65. The van der Waals surface area contributed by atoms with Gasteiger partial charge in [0.2, 0.25) is 0 Å². The van der Waals surface area contributed by atoms with Crippen molar-refractivity contribution in [1.82, 2.24) is 9.97 Å². The molecule has 2 aromatic rings. The zero-order chi connectivity index (χ0) is 14.5. The van der Waals surface area contributed by atoms with E-state index in [1.807, 2.05) is 37.3 Å². The van der Waals surface area contributed by atoms with E-state index in [9.17, 15) is 0 Å². The van der Waals surface area contributed by atoms with Crippen LogP contribution in [0.2, 0.25) is 5.15 Å². The Labute approximate surface area is 137 Å². The van der Waals surface area contributed by atoms with Gasteiger partial charge >= 0.3 is 0 Å². The van der Waals surface area contributed by atoms with E-state index in [0.29, 0.717) is 17.6 Å². The van der Waals surface area contributed by atoms with E-state index in [-0.39, 0.29) is 6.10 Å². The van der Waals surface area contributed by atoms with Crippen molar-refractivity contribution in [2.75, 3.05) is 6.61 Å². The second-order valence-corrected chi connectivity index (χ2v) is 5.69. The van der Waals surface area contributed by atoms with Crippen molar-refractivity contribution in [3.63, 3.8) is 0 Å². The normalized spacial score (nSPS) is 12.4. The number of halogens is 2. The Morgan fingerprint density at radius 3 is 2.50 bits per heavy atom. The predicted molar refractivity (Wildman–Crippen MR) is 89.9 cm³/mol. The van der Waals surface area contributed by atoms with Gasteiger partial charge in [0.05, 0.1) is 9.26 Å². The molecule has 20 heavy (non-hydrogen) atoms. The quantitative estimate of drug-likeness (QED) is 0.527. The van der Waals surface area contributed by atoms with Crippen molar-refractivity contribution in [2.45, 2.75) is 26.4 Å². The minimum atomic E-state index is -0.114. The molecule has 1 heterocycles. The van der Waals surface area contributed by atoms with E-state index in [0.717, 1.165) is 21.2 Å². The molecule has 1 atom stereocenters. The highest BCUT2D eigenvalue weighted by Gasteiger charge is 2.18. The lowest BCUT2D eigenvalue weighted by atomic mass is 10.1. The number of hydrogen-bond acceptors (Lipinski definition) is 3. The number of rotatable bonds is 5. The van der Waals surface area contributed by atoms with Crippen LogP contribution in [-0.2, 0) is 4.74 Å². The molecule has 0 saturated heterocycles. The monoisotopic (exact) mass is 402 g/mol. The lowest BCUT2D eigenvalue weighted by molar-refractivity contribution is 0.0535. The summed E-state index contributed by atoms with van der Waals surface area (Å²) in [5, 5.41) is 0.479. The van der Waals surface area contributed by atoms with Gasteiger partial charge in [-0.2, -0.15) is 0 Å². The number of benzene rings is 1. The minimum Gasteiger partial charge on any atom is -0.371 e. The van der Waals surface area contributed by atoms with E-state index in [1.165, 1.54) is 0 Å². The molecule has 106 valence electrons. The fraction of sp³-hybridized carbons (Fsp3) is 0.333. The second-order valence-electron chi connectivity index (χ2n) is 4.25. The molecular formula is C15H16ClIN2O. The molecule has 0 bridgehead atoms. The third kappa shape index (κ3) is 3.48. The predicted octanol–water partition coefficient (Wildman–Crippen LogP) is 4.89. The summed E-state index contributed by atoms with van der Waals surface area (Å²) in [4.78, 5) is 9.04. The Balaban J connectivity index is 2.50. The Kier molecular flexibility index (Phi) is 5.74. The van der Waals surface area contributed by atoms with Crippen molar-refractivity contribution in [3.05, 3.63) is 44.9 Å².